The van der Waals surface area contributed by atoms with Gasteiger partial charge in [0, 0.05) is 33.5 Å². The number of nitrogens with zero attached hydrogens (tertiary/aromatic N) is 2. The van der Waals surface area contributed by atoms with Gasteiger partial charge in [0.15, 0.2) is 0 Å². The normalized spacial score (nSPS) is 10.8. The molecule has 172 valence electrons. The van der Waals surface area contributed by atoms with Gasteiger partial charge in [-0.3, -0.25) is 0 Å². The summed E-state index contributed by atoms with van der Waals surface area (Å²) < 4.78 is 0. The SMILES string of the molecule is c1ccc(N(c2ccccc2)c2ccc(N(c3ccccc3)c3ccccc3)c3ccccc23)cc1. The van der Waals surface area contributed by atoms with Crippen LogP contribution in [-0.4, -0.2) is 0 Å². The minimum absolute atomic E-state index is 1.13. The quantitative estimate of drug-likeness (QED) is 0.243. The lowest BCUT2D eigenvalue weighted by atomic mass is 10.0. The molecule has 0 aliphatic carbocycles. The van der Waals surface area contributed by atoms with E-state index in [2.05, 4.69) is 168 Å². The first-order valence-electron chi connectivity index (χ1n) is 12.2. The fourth-order valence-electron chi connectivity index (χ4n) is 4.82. The van der Waals surface area contributed by atoms with Crippen LogP contribution in [0.5, 0.6) is 0 Å². The molecule has 0 spiro atoms. The minimum Gasteiger partial charge on any atom is -0.310 e. The van der Waals surface area contributed by atoms with Crippen LogP contribution in [0.1, 0.15) is 0 Å². The molecule has 0 atom stereocenters. The summed E-state index contributed by atoms with van der Waals surface area (Å²) in [5, 5.41) is 2.39. The van der Waals surface area contributed by atoms with E-state index in [1.54, 1.807) is 0 Å². The fraction of sp³-hybridized carbons (Fsp3) is 0. The average molecular weight is 463 g/mol. The summed E-state index contributed by atoms with van der Waals surface area (Å²) in [5.41, 5.74) is 6.81. The van der Waals surface area contributed by atoms with Gasteiger partial charge in [0.2, 0.25) is 0 Å². The Morgan fingerprint density at radius 1 is 0.250 bits per heavy atom. The molecule has 0 heterocycles. The predicted octanol–water partition coefficient (Wildman–Crippen LogP) is 9.78. The molecule has 0 fully saturated rings. The van der Waals surface area contributed by atoms with Crippen LogP contribution in [0.3, 0.4) is 0 Å². The highest BCUT2D eigenvalue weighted by atomic mass is 15.2. The second kappa shape index (κ2) is 9.81. The highest BCUT2D eigenvalue weighted by Gasteiger charge is 2.20. The first kappa shape index (κ1) is 21.7. The van der Waals surface area contributed by atoms with Crippen molar-refractivity contribution in [1.29, 1.82) is 0 Å². The molecule has 2 heteroatoms. The summed E-state index contributed by atoms with van der Waals surface area (Å²) in [7, 11) is 0. The molecule has 6 rings (SSSR count). The first-order chi connectivity index (χ1) is 17.9. The maximum absolute atomic E-state index is 2.33. The molecule has 0 unspecified atom stereocenters. The van der Waals surface area contributed by atoms with Crippen molar-refractivity contribution in [3.8, 4) is 0 Å². The molecule has 0 aliphatic rings. The Bertz CT molecular complexity index is 1360. The van der Waals surface area contributed by atoms with E-state index >= 15 is 0 Å². The summed E-state index contributed by atoms with van der Waals surface area (Å²) in [6.45, 7) is 0. The average Bonchev–Trinajstić information content (AvgIpc) is 2.97. The van der Waals surface area contributed by atoms with Gasteiger partial charge < -0.3 is 9.80 Å². The summed E-state index contributed by atoms with van der Waals surface area (Å²) in [6, 6.07) is 55.5. The summed E-state index contributed by atoms with van der Waals surface area (Å²) in [5.74, 6) is 0. The predicted molar refractivity (Wildman–Crippen MR) is 153 cm³/mol. The number of hydrogen-bond acceptors (Lipinski definition) is 2. The van der Waals surface area contributed by atoms with E-state index in [4.69, 9.17) is 0 Å². The molecular formula is C34H26N2. The van der Waals surface area contributed by atoms with Gasteiger partial charge in [-0.05, 0) is 60.7 Å². The van der Waals surface area contributed by atoms with Crippen molar-refractivity contribution in [3.63, 3.8) is 0 Å². The molecule has 0 radical (unpaired) electrons. The molecule has 0 bridgehead atoms. The van der Waals surface area contributed by atoms with E-state index in [9.17, 15) is 0 Å². The van der Waals surface area contributed by atoms with Crippen LogP contribution >= 0.6 is 0 Å². The van der Waals surface area contributed by atoms with Crippen molar-refractivity contribution >= 4 is 44.9 Å². The third-order valence-electron chi connectivity index (χ3n) is 6.42. The fourth-order valence-corrected chi connectivity index (χ4v) is 4.82. The summed E-state index contributed by atoms with van der Waals surface area (Å²) in [6.07, 6.45) is 0. The highest BCUT2D eigenvalue weighted by molar-refractivity contribution is 6.07. The molecule has 6 aromatic rings. The van der Waals surface area contributed by atoms with Gasteiger partial charge in [0.05, 0.1) is 11.4 Å². The largest absolute Gasteiger partial charge is 0.310 e. The van der Waals surface area contributed by atoms with E-state index in [1.165, 1.54) is 10.8 Å². The summed E-state index contributed by atoms with van der Waals surface area (Å²) in [4.78, 5) is 4.67. The molecule has 6 aromatic carbocycles. The van der Waals surface area contributed by atoms with Crippen LogP contribution in [0, 0.1) is 0 Å². The van der Waals surface area contributed by atoms with E-state index < -0.39 is 0 Å². The van der Waals surface area contributed by atoms with Gasteiger partial charge in [-0.25, -0.2) is 0 Å². The van der Waals surface area contributed by atoms with Crippen LogP contribution in [0.25, 0.3) is 10.8 Å². The van der Waals surface area contributed by atoms with Crippen molar-refractivity contribution < 1.29 is 0 Å². The molecule has 0 N–H and O–H groups in total. The lowest BCUT2D eigenvalue weighted by Crippen LogP contribution is -2.13. The number of benzene rings is 6. The standard InChI is InChI=1S/C34H26N2/c1-5-15-27(16-6-1)35(28-17-7-2-8-18-28)33-25-26-34(32-24-14-13-23-31(32)33)36(29-19-9-3-10-20-29)30-21-11-4-12-22-30/h1-26H. The molecule has 0 saturated carbocycles. The van der Waals surface area contributed by atoms with E-state index in [-0.39, 0.29) is 0 Å². The highest BCUT2D eigenvalue weighted by Crippen LogP contribution is 2.44. The zero-order chi connectivity index (χ0) is 24.2. The molecule has 0 aliphatic heterocycles. The minimum atomic E-state index is 1.13. The van der Waals surface area contributed by atoms with E-state index in [0.29, 0.717) is 0 Å². The van der Waals surface area contributed by atoms with Crippen LogP contribution in [0.4, 0.5) is 34.1 Å². The van der Waals surface area contributed by atoms with Gasteiger partial charge >= 0.3 is 0 Å². The number of para-hydroxylation sites is 4. The Morgan fingerprint density at radius 2 is 0.500 bits per heavy atom. The number of anilines is 6. The Morgan fingerprint density at radius 3 is 0.778 bits per heavy atom. The Balaban J connectivity index is 1.60. The van der Waals surface area contributed by atoms with Crippen molar-refractivity contribution in [2.45, 2.75) is 0 Å². The maximum atomic E-state index is 2.33. The molecule has 0 amide bonds. The lowest BCUT2D eigenvalue weighted by molar-refractivity contribution is 1.28. The van der Waals surface area contributed by atoms with Crippen LogP contribution in [0.2, 0.25) is 0 Å². The Labute approximate surface area is 212 Å². The van der Waals surface area contributed by atoms with Crippen molar-refractivity contribution in [2.24, 2.45) is 0 Å². The molecule has 36 heavy (non-hydrogen) atoms. The van der Waals surface area contributed by atoms with Crippen LogP contribution < -0.4 is 9.80 Å². The van der Waals surface area contributed by atoms with Gasteiger partial charge in [0.1, 0.15) is 0 Å². The Kier molecular flexibility index (Phi) is 5.91. The number of rotatable bonds is 6. The van der Waals surface area contributed by atoms with Gasteiger partial charge in [-0.1, -0.05) is 97.1 Å². The van der Waals surface area contributed by atoms with Crippen molar-refractivity contribution in [1.82, 2.24) is 0 Å². The number of hydrogen-bond donors (Lipinski definition) is 0. The molecule has 0 aromatic heterocycles. The van der Waals surface area contributed by atoms with Crippen LogP contribution in [0.15, 0.2) is 158 Å². The zero-order valence-corrected chi connectivity index (χ0v) is 19.9. The smallest absolute Gasteiger partial charge is 0.0541 e. The van der Waals surface area contributed by atoms with Crippen LogP contribution in [-0.2, 0) is 0 Å². The van der Waals surface area contributed by atoms with E-state index in [1.807, 2.05) is 0 Å². The number of fused-ring (bicyclic) bond motifs is 1. The van der Waals surface area contributed by atoms with Crippen molar-refractivity contribution in [2.75, 3.05) is 9.80 Å². The van der Waals surface area contributed by atoms with Gasteiger partial charge in [-0.2, -0.15) is 0 Å². The second-order valence-electron chi connectivity index (χ2n) is 8.66. The monoisotopic (exact) mass is 462 g/mol. The van der Waals surface area contributed by atoms with E-state index in [0.717, 1.165) is 34.1 Å². The van der Waals surface area contributed by atoms with Gasteiger partial charge in [0.25, 0.3) is 0 Å². The zero-order valence-electron chi connectivity index (χ0n) is 19.9. The maximum Gasteiger partial charge on any atom is 0.0541 e. The van der Waals surface area contributed by atoms with Crippen molar-refractivity contribution in [3.05, 3.63) is 158 Å². The van der Waals surface area contributed by atoms with Gasteiger partial charge in [-0.15, -0.1) is 0 Å². The first-order valence-corrected chi connectivity index (χ1v) is 12.2. The second-order valence-corrected chi connectivity index (χ2v) is 8.66. The lowest BCUT2D eigenvalue weighted by Gasteiger charge is -2.30. The topological polar surface area (TPSA) is 6.48 Å². The molecular weight excluding hydrogens is 436 g/mol. The summed E-state index contributed by atoms with van der Waals surface area (Å²) >= 11 is 0. The third-order valence-corrected chi connectivity index (χ3v) is 6.42. The Hall–Kier alpha value is -4.82. The molecule has 0 saturated heterocycles. The third kappa shape index (κ3) is 4.10. The molecule has 2 nitrogen and oxygen atoms in total.